The van der Waals surface area contributed by atoms with Crippen molar-refractivity contribution in [3.63, 3.8) is 0 Å². The Kier molecular flexibility index (Phi) is 10.4. The van der Waals surface area contributed by atoms with Gasteiger partial charge in [0.2, 0.25) is 5.91 Å². The Balaban J connectivity index is 2.74. The van der Waals surface area contributed by atoms with E-state index in [1.807, 2.05) is 18.2 Å². The SMILES string of the molecule is COC(=O)[C@@H](CC#C[Si](C)(C)C(C)(C)C)NC(=O)[C@H](CO)NC(=O)OCc1ccccc1. The van der Waals surface area contributed by atoms with Crippen LogP contribution in [-0.4, -0.2) is 57.0 Å². The standard InChI is InChI=1S/C23H34N2O6Si/c1-23(2,3)32(5,6)14-10-13-18(21(28)30-4)24-20(27)19(15-26)25-22(29)31-16-17-11-8-7-9-12-17/h7-9,11-12,18-19,26H,13,15-16H2,1-6H3,(H,24,27)(H,25,29)/t18-,19+/m1/s1. The Morgan fingerprint density at radius 2 is 1.72 bits per heavy atom. The van der Waals surface area contributed by atoms with Crippen LogP contribution in [0.3, 0.4) is 0 Å². The minimum Gasteiger partial charge on any atom is -0.467 e. The number of carbonyl (C=O) groups excluding carboxylic acids is 3. The number of amides is 2. The molecule has 9 heteroatoms. The summed E-state index contributed by atoms with van der Waals surface area (Å²) in [5, 5.41) is 14.4. The lowest BCUT2D eigenvalue weighted by Crippen LogP contribution is -2.53. The summed E-state index contributed by atoms with van der Waals surface area (Å²) in [6, 6.07) is 6.71. The first kappa shape index (κ1) is 27.2. The van der Waals surface area contributed by atoms with Crippen LogP contribution >= 0.6 is 0 Å². The van der Waals surface area contributed by atoms with Gasteiger partial charge in [-0.05, 0) is 10.6 Å². The molecular formula is C23H34N2O6Si. The third-order valence-electron chi connectivity index (χ3n) is 5.39. The molecule has 0 aromatic heterocycles. The highest BCUT2D eigenvalue weighted by Gasteiger charge is 2.34. The predicted octanol–water partition coefficient (Wildman–Crippen LogP) is 2.37. The average Bonchev–Trinajstić information content (AvgIpc) is 2.74. The zero-order valence-corrected chi connectivity index (χ0v) is 20.7. The van der Waals surface area contributed by atoms with Crippen LogP contribution in [0.2, 0.25) is 18.1 Å². The van der Waals surface area contributed by atoms with Crippen molar-refractivity contribution >= 4 is 26.0 Å². The van der Waals surface area contributed by atoms with Crippen LogP contribution in [-0.2, 0) is 25.7 Å². The quantitative estimate of drug-likeness (QED) is 0.310. The Morgan fingerprint density at radius 1 is 1.09 bits per heavy atom. The lowest BCUT2D eigenvalue weighted by molar-refractivity contribution is -0.145. The first-order chi connectivity index (χ1) is 14.9. The summed E-state index contributed by atoms with van der Waals surface area (Å²) in [6.07, 6.45) is -0.808. The molecule has 0 heterocycles. The lowest BCUT2D eigenvalue weighted by Gasteiger charge is -2.31. The summed E-state index contributed by atoms with van der Waals surface area (Å²) >= 11 is 0. The van der Waals surface area contributed by atoms with E-state index < -0.39 is 44.7 Å². The molecule has 0 aliphatic carbocycles. The normalized spacial score (nSPS) is 13.1. The van der Waals surface area contributed by atoms with Crippen molar-refractivity contribution < 1.29 is 29.0 Å². The van der Waals surface area contributed by atoms with Gasteiger partial charge in [0, 0.05) is 6.42 Å². The van der Waals surface area contributed by atoms with E-state index in [9.17, 15) is 19.5 Å². The molecular weight excluding hydrogens is 428 g/mol. The molecule has 2 amide bonds. The molecule has 1 aromatic carbocycles. The Morgan fingerprint density at radius 3 is 2.25 bits per heavy atom. The van der Waals surface area contributed by atoms with E-state index in [0.29, 0.717) is 0 Å². The summed E-state index contributed by atoms with van der Waals surface area (Å²) in [5.74, 6) is 1.61. The highest BCUT2D eigenvalue weighted by molar-refractivity contribution is 6.87. The zero-order chi connectivity index (χ0) is 24.4. The molecule has 176 valence electrons. The number of rotatable bonds is 8. The maximum atomic E-state index is 12.5. The Bertz CT molecular complexity index is 840. The van der Waals surface area contributed by atoms with Crippen molar-refractivity contribution in [3.8, 4) is 11.5 Å². The molecule has 1 aromatic rings. The van der Waals surface area contributed by atoms with E-state index in [2.05, 4.69) is 56.0 Å². The topological polar surface area (TPSA) is 114 Å². The van der Waals surface area contributed by atoms with E-state index in [-0.39, 0.29) is 18.1 Å². The van der Waals surface area contributed by atoms with Gasteiger partial charge in [-0.25, -0.2) is 9.59 Å². The molecule has 0 saturated heterocycles. The van der Waals surface area contributed by atoms with Crippen molar-refractivity contribution in [1.82, 2.24) is 10.6 Å². The third-order valence-corrected chi connectivity index (χ3v) is 9.94. The predicted molar refractivity (Wildman–Crippen MR) is 124 cm³/mol. The highest BCUT2D eigenvalue weighted by atomic mass is 28.3. The van der Waals surface area contributed by atoms with Crippen LogP contribution in [0.25, 0.3) is 0 Å². The molecule has 8 nitrogen and oxygen atoms in total. The number of nitrogens with one attached hydrogen (secondary N) is 2. The van der Waals surface area contributed by atoms with Gasteiger partial charge < -0.3 is 25.2 Å². The van der Waals surface area contributed by atoms with Crippen molar-refractivity contribution in [2.75, 3.05) is 13.7 Å². The number of esters is 1. The molecule has 32 heavy (non-hydrogen) atoms. The second-order valence-electron chi connectivity index (χ2n) is 8.91. The van der Waals surface area contributed by atoms with Crippen molar-refractivity contribution in [1.29, 1.82) is 0 Å². The van der Waals surface area contributed by atoms with E-state index in [1.165, 1.54) is 7.11 Å². The molecule has 0 bridgehead atoms. The van der Waals surface area contributed by atoms with E-state index in [1.54, 1.807) is 12.1 Å². The first-order valence-corrected chi connectivity index (χ1v) is 13.4. The number of hydrogen-bond donors (Lipinski definition) is 3. The number of aliphatic hydroxyl groups is 1. The monoisotopic (exact) mass is 462 g/mol. The number of aliphatic hydroxyl groups excluding tert-OH is 1. The fraction of sp³-hybridized carbons (Fsp3) is 0.522. The molecule has 2 atom stereocenters. The molecule has 0 unspecified atom stereocenters. The number of hydrogen-bond acceptors (Lipinski definition) is 6. The van der Waals surface area contributed by atoms with Gasteiger partial charge in [-0.3, -0.25) is 4.79 Å². The fourth-order valence-electron chi connectivity index (χ4n) is 2.27. The Labute approximate surface area is 191 Å². The van der Waals surface area contributed by atoms with Gasteiger partial charge in [0.05, 0.1) is 13.7 Å². The van der Waals surface area contributed by atoms with Crippen molar-refractivity contribution in [2.24, 2.45) is 0 Å². The van der Waals surface area contributed by atoms with E-state index >= 15 is 0 Å². The number of alkyl carbamates (subject to hydrolysis) is 1. The maximum Gasteiger partial charge on any atom is 0.408 e. The first-order valence-electron chi connectivity index (χ1n) is 10.4. The molecule has 3 N–H and O–H groups in total. The minimum atomic E-state index is -1.88. The van der Waals surface area contributed by atoms with E-state index in [0.717, 1.165) is 5.56 Å². The number of benzene rings is 1. The van der Waals surface area contributed by atoms with Crippen LogP contribution in [0.15, 0.2) is 30.3 Å². The van der Waals surface area contributed by atoms with Gasteiger partial charge >= 0.3 is 12.1 Å². The summed E-state index contributed by atoms with van der Waals surface area (Å²) in [4.78, 5) is 36.7. The van der Waals surface area contributed by atoms with Crippen LogP contribution < -0.4 is 10.6 Å². The third kappa shape index (κ3) is 8.73. The van der Waals surface area contributed by atoms with Gasteiger partial charge in [-0.2, -0.15) is 0 Å². The van der Waals surface area contributed by atoms with Gasteiger partial charge in [0.25, 0.3) is 0 Å². The van der Waals surface area contributed by atoms with Crippen LogP contribution in [0, 0.1) is 11.5 Å². The van der Waals surface area contributed by atoms with Crippen molar-refractivity contribution in [2.45, 2.75) is 64.0 Å². The zero-order valence-electron chi connectivity index (χ0n) is 19.7. The van der Waals surface area contributed by atoms with Crippen LogP contribution in [0.1, 0.15) is 32.8 Å². The summed E-state index contributed by atoms with van der Waals surface area (Å²) in [7, 11) is -0.670. The largest absolute Gasteiger partial charge is 0.467 e. The van der Waals surface area contributed by atoms with Crippen molar-refractivity contribution in [3.05, 3.63) is 35.9 Å². The fourth-order valence-corrected chi connectivity index (χ4v) is 3.19. The van der Waals surface area contributed by atoms with Gasteiger partial charge in [-0.1, -0.05) is 64.2 Å². The van der Waals surface area contributed by atoms with Crippen LogP contribution in [0.4, 0.5) is 4.79 Å². The summed E-state index contributed by atoms with van der Waals surface area (Å²) in [5.41, 5.74) is 4.06. The molecule has 0 aliphatic rings. The smallest absolute Gasteiger partial charge is 0.408 e. The highest BCUT2D eigenvalue weighted by Crippen LogP contribution is 2.35. The molecule has 0 spiro atoms. The van der Waals surface area contributed by atoms with E-state index in [4.69, 9.17) is 9.47 Å². The lowest BCUT2D eigenvalue weighted by atomic mass is 10.2. The molecule has 1 rings (SSSR count). The number of carbonyl (C=O) groups is 3. The molecule has 0 aliphatic heterocycles. The van der Waals surface area contributed by atoms with Gasteiger partial charge in [0.1, 0.15) is 26.8 Å². The van der Waals surface area contributed by atoms with Gasteiger partial charge in [-0.15, -0.1) is 11.5 Å². The second kappa shape index (κ2) is 12.3. The summed E-state index contributed by atoms with van der Waals surface area (Å²) < 4.78 is 9.83. The summed E-state index contributed by atoms with van der Waals surface area (Å²) in [6.45, 7) is 10.00. The Hall–Kier alpha value is -2.83. The molecule has 0 saturated carbocycles. The average molecular weight is 463 g/mol. The molecule has 0 radical (unpaired) electrons. The minimum absolute atomic E-state index is 0.0142. The number of ether oxygens (including phenoxy) is 2. The van der Waals surface area contributed by atoms with Gasteiger partial charge in [0.15, 0.2) is 0 Å². The van der Waals surface area contributed by atoms with Crippen LogP contribution in [0.5, 0.6) is 0 Å². The number of methoxy groups -OCH3 is 1. The maximum absolute atomic E-state index is 12.5. The second-order valence-corrected chi connectivity index (χ2v) is 13.9. The molecule has 0 fully saturated rings.